The lowest BCUT2D eigenvalue weighted by atomic mass is 10.0. The van der Waals surface area contributed by atoms with Gasteiger partial charge in [-0.25, -0.2) is 0 Å². The maximum Gasteiger partial charge on any atom is 0.417 e. The first-order chi connectivity index (χ1) is 11.0. The van der Waals surface area contributed by atoms with Crippen molar-refractivity contribution < 1.29 is 17.9 Å². The van der Waals surface area contributed by atoms with E-state index >= 15 is 0 Å². The van der Waals surface area contributed by atoms with Crippen LogP contribution in [0.25, 0.3) is 11.3 Å². The van der Waals surface area contributed by atoms with Gasteiger partial charge in [0.1, 0.15) is 0 Å². The van der Waals surface area contributed by atoms with Crippen molar-refractivity contribution in [1.82, 2.24) is 9.88 Å². The second-order valence-electron chi connectivity index (χ2n) is 5.45. The van der Waals surface area contributed by atoms with Crippen molar-refractivity contribution in [3.05, 3.63) is 53.7 Å². The summed E-state index contributed by atoms with van der Waals surface area (Å²) in [5.74, 6) is 0. The Balaban J connectivity index is 1.88. The van der Waals surface area contributed by atoms with Crippen LogP contribution in [-0.2, 0) is 17.5 Å². The molecule has 1 fully saturated rings. The zero-order chi connectivity index (χ0) is 16.3. The molecule has 2 heterocycles. The average molecular weight is 322 g/mol. The van der Waals surface area contributed by atoms with Gasteiger partial charge in [-0.05, 0) is 18.2 Å². The van der Waals surface area contributed by atoms with Gasteiger partial charge >= 0.3 is 6.18 Å². The maximum atomic E-state index is 13.2. The molecule has 1 aliphatic rings. The summed E-state index contributed by atoms with van der Waals surface area (Å²) < 4.78 is 44.8. The molecule has 23 heavy (non-hydrogen) atoms. The minimum atomic E-state index is -4.39. The number of ether oxygens (including phenoxy) is 1. The summed E-state index contributed by atoms with van der Waals surface area (Å²) in [6, 6.07) is 10.8. The van der Waals surface area contributed by atoms with Crippen LogP contribution >= 0.6 is 0 Å². The Morgan fingerprint density at radius 1 is 1.00 bits per heavy atom. The fraction of sp³-hybridized carbons (Fsp3) is 0.353. The highest BCUT2D eigenvalue weighted by molar-refractivity contribution is 5.64. The van der Waals surface area contributed by atoms with E-state index < -0.39 is 11.7 Å². The number of benzene rings is 1. The van der Waals surface area contributed by atoms with Crippen LogP contribution in [0.2, 0.25) is 0 Å². The molecular weight excluding hydrogens is 305 g/mol. The van der Waals surface area contributed by atoms with Crippen LogP contribution in [0.3, 0.4) is 0 Å². The van der Waals surface area contributed by atoms with Gasteiger partial charge in [0.25, 0.3) is 0 Å². The van der Waals surface area contributed by atoms with Gasteiger partial charge in [0.05, 0.1) is 30.2 Å². The minimum Gasteiger partial charge on any atom is -0.379 e. The van der Waals surface area contributed by atoms with E-state index in [0.717, 1.165) is 24.8 Å². The van der Waals surface area contributed by atoms with Gasteiger partial charge in [-0.15, -0.1) is 0 Å². The third-order valence-corrected chi connectivity index (χ3v) is 3.80. The Hall–Kier alpha value is -1.92. The van der Waals surface area contributed by atoms with Crippen molar-refractivity contribution in [2.24, 2.45) is 0 Å². The SMILES string of the molecule is FC(F)(F)c1ccccc1-c1cccc(CN2CCOCC2)n1. The van der Waals surface area contributed by atoms with E-state index in [1.54, 1.807) is 18.2 Å². The van der Waals surface area contributed by atoms with Crippen LogP contribution in [-0.4, -0.2) is 36.2 Å². The first-order valence-corrected chi connectivity index (χ1v) is 7.47. The van der Waals surface area contributed by atoms with Crippen molar-refractivity contribution in [1.29, 1.82) is 0 Å². The molecular formula is C17H17F3N2O. The molecule has 1 aliphatic heterocycles. The summed E-state index contributed by atoms with van der Waals surface area (Å²) in [7, 11) is 0. The summed E-state index contributed by atoms with van der Waals surface area (Å²) in [5, 5.41) is 0. The standard InChI is InChI=1S/C17H17F3N2O/c18-17(19,20)15-6-2-1-5-14(15)16-7-3-4-13(21-16)12-22-8-10-23-11-9-22/h1-7H,8-12H2. The topological polar surface area (TPSA) is 25.4 Å². The lowest BCUT2D eigenvalue weighted by Crippen LogP contribution is -2.35. The fourth-order valence-electron chi connectivity index (χ4n) is 2.66. The van der Waals surface area contributed by atoms with Crippen molar-refractivity contribution in [3.63, 3.8) is 0 Å². The molecule has 3 rings (SSSR count). The first-order valence-electron chi connectivity index (χ1n) is 7.47. The van der Waals surface area contributed by atoms with Crippen LogP contribution in [0.1, 0.15) is 11.3 Å². The molecule has 1 aromatic carbocycles. The molecule has 1 aromatic heterocycles. The molecule has 0 aliphatic carbocycles. The molecule has 6 heteroatoms. The van der Waals surface area contributed by atoms with Gasteiger partial charge < -0.3 is 4.74 Å². The fourth-order valence-corrected chi connectivity index (χ4v) is 2.66. The van der Waals surface area contributed by atoms with Gasteiger partial charge in [0.15, 0.2) is 0 Å². The number of hydrogen-bond acceptors (Lipinski definition) is 3. The van der Waals surface area contributed by atoms with E-state index in [1.165, 1.54) is 12.1 Å². The molecule has 2 aromatic rings. The van der Waals surface area contributed by atoms with E-state index in [0.29, 0.717) is 25.5 Å². The first kappa shape index (κ1) is 16.0. The Kier molecular flexibility index (Phi) is 4.63. The number of pyridine rings is 1. The predicted octanol–water partition coefficient (Wildman–Crippen LogP) is 3.60. The molecule has 0 unspecified atom stereocenters. The summed E-state index contributed by atoms with van der Waals surface area (Å²) in [5.41, 5.74) is 0.574. The average Bonchev–Trinajstić information content (AvgIpc) is 2.55. The number of rotatable bonds is 3. The monoisotopic (exact) mass is 322 g/mol. The van der Waals surface area contributed by atoms with Gasteiger partial charge in [-0.3, -0.25) is 9.88 Å². The predicted molar refractivity (Wildman–Crippen MR) is 80.8 cm³/mol. The third kappa shape index (κ3) is 3.89. The number of alkyl halides is 3. The van der Waals surface area contributed by atoms with E-state index in [9.17, 15) is 13.2 Å². The number of nitrogens with zero attached hydrogens (tertiary/aromatic N) is 2. The smallest absolute Gasteiger partial charge is 0.379 e. The number of halogens is 3. The molecule has 0 spiro atoms. The Labute approximate surface area is 132 Å². The summed E-state index contributed by atoms with van der Waals surface area (Å²) in [6.07, 6.45) is -4.39. The third-order valence-electron chi connectivity index (χ3n) is 3.80. The molecule has 3 nitrogen and oxygen atoms in total. The van der Waals surface area contributed by atoms with E-state index in [1.807, 2.05) is 6.07 Å². The highest BCUT2D eigenvalue weighted by Gasteiger charge is 2.33. The van der Waals surface area contributed by atoms with Gasteiger partial charge in [-0.2, -0.15) is 13.2 Å². The zero-order valence-corrected chi connectivity index (χ0v) is 12.5. The van der Waals surface area contributed by atoms with Crippen molar-refractivity contribution in [2.45, 2.75) is 12.7 Å². The maximum absolute atomic E-state index is 13.2. The van der Waals surface area contributed by atoms with E-state index in [4.69, 9.17) is 4.74 Å². The van der Waals surface area contributed by atoms with Crippen molar-refractivity contribution in [2.75, 3.05) is 26.3 Å². The van der Waals surface area contributed by atoms with Crippen LogP contribution in [0, 0.1) is 0 Å². The Morgan fingerprint density at radius 2 is 1.74 bits per heavy atom. The number of aromatic nitrogens is 1. The quantitative estimate of drug-likeness (QED) is 0.863. The number of morpholine rings is 1. The summed E-state index contributed by atoms with van der Waals surface area (Å²) in [4.78, 5) is 6.61. The summed E-state index contributed by atoms with van der Waals surface area (Å²) >= 11 is 0. The van der Waals surface area contributed by atoms with Gasteiger partial charge in [0, 0.05) is 25.2 Å². The summed E-state index contributed by atoms with van der Waals surface area (Å²) in [6.45, 7) is 3.59. The van der Waals surface area contributed by atoms with E-state index in [-0.39, 0.29) is 5.56 Å². The molecule has 1 saturated heterocycles. The molecule has 0 bridgehead atoms. The van der Waals surface area contributed by atoms with Crippen LogP contribution in [0.15, 0.2) is 42.5 Å². The molecule has 0 saturated carbocycles. The lowest BCUT2D eigenvalue weighted by Gasteiger charge is -2.26. The largest absolute Gasteiger partial charge is 0.417 e. The highest BCUT2D eigenvalue weighted by Crippen LogP contribution is 2.36. The van der Waals surface area contributed by atoms with E-state index in [2.05, 4.69) is 9.88 Å². The highest BCUT2D eigenvalue weighted by atomic mass is 19.4. The molecule has 0 radical (unpaired) electrons. The van der Waals surface area contributed by atoms with Crippen molar-refractivity contribution >= 4 is 0 Å². The van der Waals surface area contributed by atoms with Gasteiger partial charge in [-0.1, -0.05) is 24.3 Å². The second kappa shape index (κ2) is 6.68. The molecule has 122 valence electrons. The Morgan fingerprint density at radius 3 is 2.48 bits per heavy atom. The van der Waals surface area contributed by atoms with Crippen LogP contribution in [0.5, 0.6) is 0 Å². The van der Waals surface area contributed by atoms with Crippen molar-refractivity contribution in [3.8, 4) is 11.3 Å². The normalized spacial score (nSPS) is 16.5. The zero-order valence-electron chi connectivity index (χ0n) is 12.5. The number of hydrogen-bond donors (Lipinski definition) is 0. The second-order valence-corrected chi connectivity index (χ2v) is 5.45. The van der Waals surface area contributed by atoms with Crippen LogP contribution in [0.4, 0.5) is 13.2 Å². The Bertz CT molecular complexity index is 667. The molecule has 0 amide bonds. The minimum absolute atomic E-state index is 0.115. The molecule has 0 N–H and O–H groups in total. The van der Waals surface area contributed by atoms with Gasteiger partial charge in [0.2, 0.25) is 0 Å². The van der Waals surface area contributed by atoms with Crippen LogP contribution < -0.4 is 0 Å². The lowest BCUT2D eigenvalue weighted by molar-refractivity contribution is -0.137. The molecule has 0 atom stereocenters.